The van der Waals surface area contributed by atoms with Crippen LogP contribution in [0.2, 0.25) is 12.1 Å². The number of rotatable bonds is 12. The summed E-state index contributed by atoms with van der Waals surface area (Å²) in [6.07, 6.45) is 0.905. The van der Waals surface area contributed by atoms with Gasteiger partial charge in [0, 0.05) is 36.6 Å². The van der Waals surface area contributed by atoms with E-state index in [0.29, 0.717) is 25.9 Å². The van der Waals surface area contributed by atoms with E-state index in [1.54, 1.807) is 0 Å². The van der Waals surface area contributed by atoms with Crippen LogP contribution in [0.15, 0.2) is 60.7 Å². The summed E-state index contributed by atoms with van der Waals surface area (Å²) in [5, 5.41) is 6.32. The van der Waals surface area contributed by atoms with Crippen LogP contribution in [-0.2, 0) is 4.12 Å². The first kappa shape index (κ1) is 21.6. The Bertz CT molecular complexity index is 602. The predicted molar refractivity (Wildman–Crippen MR) is 110 cm³/mol. The monoisotopic (exact) mass is 408 g/mol. The van der Waals surface area contributed by atoms with Gasteiger partial charge >= 0.3 is 17.6 Å². The van der Waals surface area contributed by atoms with Crippen molar-refractivity contribution < 1.29 is 23.3 Å². The van der Waals surface area contributed by atoms with Gasteiger partial charge in [0.2, 0.25) is 0 Å². The molecule has 0 bridgehead atoms. The van der Waals surface area contributed by atoms with Crippen molar-refractivity contribution in [2.24, 2.45) is 0 Å². The van der Waals surface area contributed by atoms with Crippen LogP contribution >= 0.6 is 0 Å². The van der Waals surface area contributed by atoms with E-state index >= 15 is 0 Å². The smallest absolute Gasteiger partial charge is 0.390 e. The summed E-state index contributed by atoms with van der Waals surface area (Å²) in [7, 11) is -8.20. The van der Waals surface area contributed by atoms with E-state index in [-0.39, 0.29) is 12.1 Å². The molecule has 2 rings (SSSR count). The van der Waals surface area contributed by atoms with E-state index in [2.05, 4.69) is 10.6 Å². The fourth-order valence-electron chi connectivity index (χ4n) is 2.58. The van der Waals surface area contributed by atoms with Crippen LogP contribution in [0.1, 0.15) is 12.8 Å². The molecule has 27 heavy (non-hydrogen) atoms. The highest BCUT2D eigenvalue weighted by Gasteiger charge is 2.44. The molecule has 0 aliphatic rings. The van der Waals surface area contributed by atoms with Crippen LogP contribution in [0.25, 0.3) is 0 Å². The Balaban J connectivity index is 1.64. The summed E-state index contributed by atoms with van der Waals surface area (Å²) in [5.41, 5.74) is 1.89. The molecule has 2 aromatic rings. The van der Waals surface area contributed by atoms with Crippen LogP contribution in [-0.4, -0.2) is 49.9 Å². The van der Waals surface area contributed by atoms with Gasteiger partial charge in [-0.05, 0) is 37.1 Å². The van der Waals surface area contributed by atoms with E-state index in [9.17, 15) is 19.2 Å². The lowest BCUT2D eigenvalue weighted by Crippen LogP contribution is -2.53. The Hall–Kier alpha value is -1.73. The van der Waals surface area contributed by atoms with Crippen LogP contribution in [0, 0.1) is 0 Å². The van der Waals surface area contributed by atoms with Crippen molar-refractivity contribution in [3.05, 3.63) is 60.7 Å². The molecule has 0 saturated heterocycles. The van der Waals surface area contributed by atoms with Crippen molar-refractivity contribution in [3.63, 3.8) is 0 Å². The first-order valence-corrected chi connectivity index (χ1v) is 13.1. The van der Waals surface area contributed by atoms with Gasteiger partial charge in [-0.1, -0.05) is 36.4 Å². The summed E-state index contributed by atoms with van der Waals surface area (Å²) in [5.74, 6) is 0. The van der Waals surface area contributed by atoms with Crippen molar-refractivity contribution in [1.82, 2.24) is 0 Å². The molecule has 0 aromatic heterocycles. The minimum atomic E-state index is -4.10. The van der Waals surface area contributed by atoms with E-state index in [1.807, 2.05) is 60.7 Å². The third-order valence-corrected chi connectivity index (χ3v) is 8.52. The summed E-state index contributed by atoms with van der Waals surface area (Å²) in [6.45, 7) is 1.07. The third-order valence-electron chi connectivity index (χ3n) is 3.89. The Morgan fingerprint density at radius 1 is 0.630 bits per heavy atom. The zero-order valence-electron chi connectivity index (χ0n) is 15.2. The molecule has 6 N–H and O–H groups in total. The number of benzene rings is 2. The molecule has 0 aliphatic carbocycles. The highest BCUT2D eigenvalue weighted by Crippen LogP contribution is 2.17. The molecule has 7 nitrogen and oxygen atoms in total. The van der Waals surface area contributed by atoms with Crippen LogP contribution in [0.4, 0.5) is 11.4 Å². The lowest BCUT2D eigenvalue weighted by molar-refractivity contribution is 0.153. The van der Waals surface area contributed by atoms with Crippen LogP contribution in [0.3, 0.4) is 0 Å². The minimum absolute atomic E-state index is 0.00493. The van der Waals surface area contributed by atoms with Gasteiger partial charge in [0.15, 0.2) is 0 Å². The van der Waals surface area contributed by atoms with Gasteiger partial charge in [0.05, 0.1) is 0 Å². The van der Waals surface area contributed by atoms with Crippen molar-refractivity contribution in [2.75, 3.05) is 23.7 Å². The van der Waals surface area contributed by atoms with Gasteiger partial charge < -0.3 is 33.9 Å². The van der Waals surface area contributed by atoms with Gasteiger partial charge in [0.25, 0.3) is 0 Å². The van der Waals surface area contributed by atoms with E-state index in [0.717, 1.165) is 11.4 Å². The first-order chi connectivity index (χ1) is 12.9. The Labute approximate surface area is 162 Å². The van der Waals surface area contributed by atoms with E-state index in [1.165, 1.54) is 0 Å². The third kappa shape index (κ3) is 9.15. The van der Waals surface area contributed by atoms with Crippen molar-refractivity contribution in [3.8, 4) is 0 Å². The van der Waals surface area contributed by atoms with E-state index in [4.69, 9.17) is 4.12 Å². The number of nitrogens with one attached hydrogen (secondary N) is 2. The lowest BCUT2D eigenvalue weighted by atomic mass is 10.3. The molecular formula is C18H28N2O5Si2. The van der Waals surface area contributed by atoms with Gasteiger partial charge in [-0.3, -0.25) is 0 Å². The van der Waals surface area contributed by atoms with Gasteiger partial charge in [-0.15, -0.1) is 0 Å². The zero-order valence-corrected chi connectivity index (χ0v) is 17.2. The fourth-order valence-corrected chi connectivity index (χ4v) is 6.76. The topological polar surface area (TPSA) is 114 Å². The SMILES string of the molecule is O[Si](O)(CCCNc1ccccc1)O[Si](O)(O)CCCNc1ccccc1. The summed E-state index contributed by atoms with van der Waals surface area (Å²) in [6, 6.07) is 19.2. The molecule has 9 heteroatoms. The van der Waals surface area contributed by atoms with Crippen LogP contribution < -0.4 is 10.6 Å². The average molecular weight is 409 g/mol. The molecule has 148 valence electrons. The molecule has 0 spiro atoms. The average Bonchev–Trinajstić information content (AvgIpc) is 2.63. The fraction of sp³-hybridized carbons (Fsp3) is 0.333. The maximum atomic E-state index is 10.0. The number of anilines is 2. The molecule has 0 heterocycles. The molecule has 2 aromatic carbocycles. The molecule has 0 radical (unpaired) electrons. The second-order valence-electron chi connectivity index (χ2n) is 6.38. The Morgan fingerprint density at radius 2 is 1.00 bits per heavy atom. The molecule has 0 unspecified atom stereocenters. The quantitative estimate of drug-likeness (QED) is 0.235. The van der Waals surface area contributed by atoms with Crippen LogP contribution in [0.5, 0.6) is 0 Å². The molecule has 0 amide bonds. The predicted octanol–water partition coefficient (Wildman–Crippen LogP) is 1.85. The van der Waals surface area contributed by atoms with Gasteiger partial charge in [0.1, 0.15) is 0 Å². The molecule has 0 saturated carbocycles. The summed E-state index contributed by atoms with van der Waals surface area (Å²) >= 11 is 0. The highest BCUT2D eigenvalue weighted by atomic mass is 28.5. The second-order valence-corrected chi connectivity index (χ2v) is 11.2. The van der Waals surface area contributed by atoms with Crippen molar-refractivity contribution in [2.45, 2.75) is 24.9 Å². The van der Waals surface area contributed by atoms with Crippen molar-refractivity contribution >= 4 is 29.0 Å². The normalized spacial score (nSPS) is 12.0. The Morgan fingerprint density at radius 3 is 1.37 bits per heavy atom. The standard InChI is InChI=1S/C18H28N2O5Si2/c21-26(22,15-7-13-19-17-9-3-1-4-10-17)25-27(23,24)16-8-14-20-18-11-5-2-6-12-18/h1-6,9-12,19-24H,7-8,13-16H2. The van der Waals surface area contributed by atoms with Gasteiger partial charge in [-0.25, -0.2) is 0 Å². The Kier molecular flexibility index (Phi) is 8.44. The molecular weight excluding hydrogens is 380 g/mol. The summed E-state index contributed by atoms with van der Waals surface area (Å²) < 4.78 is 4.97. The highest BCUT2D eigenvalue weighted by molar-refractivity contribution is 6.72. The number of hydrogen-bond acceptors (Lipinski definition) is 7. The first-order valence-electron chi connectivity index (χ1n) is 9.04. The van der Waals surface area contributed by atoms with Gasteiger partial charge in [-0.2, -0.15) is 0 Å². The number of hydrogen-bond donors (Lipinski definition) is 6. The second kappa shape index (κ2) is 10.6. The largest absolute Gasteiger partial charge is 0.488 e. The minimum Gasteiger partial charge on any atom is -0.390 e. The summed E-state index contributed by atoms with van der Waals surface area (Å²) in [4.78, 5) is 40.1. The zero-order chi connectivity index (χ0) is 19.6. The molecule has 0 atom stereocenters. The maximum absolute atomic E-state index is 10.0. The van der Waals surface area contributed by atoms with E-state index < -0.39 is 17.6 Å². The van der Waals surface area contributed by atoms with Crippen molar-refractivity contribution in [1.29, 1.82) is 0 Å². The maximum Gasteiger partial charge on any atom is 0.488 e. The lowest BCUT2D eigenvalue weighted by Gasteiger charge is -2.26. The molecule has 0 aliphatic heterocycles. The molecule has 0 fully saturated rings. The number of para-hydroxylation sites is 2.